The molecule has 1 aliphatic heterocycles. The second kappa shape index (κ2) is 5.57. The van der Waals surface area contributed by atoms with Crippen molar-refractivity contribution >= 4 is 23.2 Å². The molecule has 0 radical (unpaired) electrons. The fourth-order valence-electron chi connectivity index (χ4n) is 2.70. The third-order valence-corrected chi connectivity index (χ3v) is 5.00. The maximum atomic E-state index is 12.3. The summed E-state index contributed by atoms with van der Waals surface area (Å²) in [5, 5.41) is 3.80. The molecule has 0 aliphatic carbocycles. The van der Waals surface area contributed by atoms with Crippen LogP contribution in [0.2, 0.25) is 0 Å². The summed E-state index contributed by atoms with van der Waals surface area (Å²) in [5.74, 6) is -0.137. The predicted molar refractivity (Wildman–Crippen MR) is 84.2 cm³/mol. The average Bonchev–Trinajstić information content (AvgIpc) is 3.07. The molecule has 0 saturated carbocycles. The van der Waals surface area contributed by atoms with Gasteiger partial charge in [-0.05, 0) is 26.0 Å². The standard InChI is InChI=1S/C15H18N4O2S/c1-9-13(22-10(2)17-9)14(20)16-7-11-8-19-6-4-5-12(19)15(21)18(11)3/h4-6,11H,7-8H2,1-3H3,(H,16,20). The smallest absolute Gasteiger partial charge is 0.270 e. The first-order valence-corrected chi connectivity index (χ1v) is 7.93. The number of rotatable bonds is 3. The second-order valence-corrected chi connectivity index (χ2v) is 6.68. The quantitative estimate of drug-likeness (QED) is 0.931. The van der Waals surface area contributed by atoms with Crippen molar-refractivity contribution in [2.75, 3.05) is 13.6 Å². The van der Waals surface area contributed by atoms with Gasteiger partial charge in [-0.25, -0.2) is 4.98 Å². The molecule has 0 bridgehead atoms. The van der Waals surface area contributed by atoms with Crippen molar-refractivity contribution in [2.24, 2.45) is 0 Å². The van der Waals surface area contributed by atoms with Crippen molar-refractivity contribution in [2.45, 2.75) is 26.4 Å². The molecule has 0 aromatic carbocycles. The number of carbonyl (C=O) groups is 2. The van der Waals surface area contributed by atoms with Gasteiger partial charge in [-0.1, -0.05) is 0 Å². The van der Waals surface area contributed by atoms with Gasteiger partial charge in [-0.2, -0.15) is 0 Å². The van der Waals surface area contributed by atoms with Crippen molar-refractivity contribution in [3.63, 3.8) is 0 Å². The van der Waals surface area contributed by atoms with Crippen LogP contribution in [-0.2, 0) is 6.54 Å². The zero-order valence-electron chi connectivity index (χ0n) is 12.8. The molecule has 1 N–H and O–H groups in total. The van der Waals surface area contributed by atoms with Crippen LogP contribution >= 0.6 is 11.3 Å². The summed E-state index contributed by atoms with van der Waals surface area (Å²) in [5.41, 5.74) is 1.44. The van der Waals surface area contributed by atoms with Gasteiger partial charge in [0.15, 0.2) is 0 Å². The summed E-state index contributed by atoms with van der Waals surface area (Å²) in [4.78, 5) is 31.1. The van der Waals surface area contributed by atoms with E-state index < -0.39 is 0 Å². The van der Waals surface area contributed by atoms with E-state index in [-0.39, 0.29) is 17.9 Å². The maximum absolute atomic E-state index is 12.3. The van der Waals surface area contributed by atoms with Crippen molar-refractivity contribution < 1.29 is 9.59 Å². The van der Waals surface area contributed by atoms with Crippen molar-refractivity contribution in [3.8, 4) is 0 Å². The van der Waals surface area contributed by atoms with Crippen LogP contribution in [0.4, 0.5) is 0 Å². The molecular weight excluding hydrogens is 300 g/mol. The van der Waals surface area contributed by atoms with Gasteiger partial charge in [0.2, 0.25) is 0 Å². The molecule has 1 atom stereocenters. The van der Waals surface area contributed by atoms with Gasteiger partial charge >= 0.3 is 0 Å². The number of nitrogens with one attached hydrogen (secondary N) is 1. The molecule has 3 rings (SSSR count). The van der Waals surface area contributed by atoms with Crippen molar-refractivity contribution in [1.82, 2.24) is 19.8 Å². The minimum absolute atomic E-state index is 0.0136. The number of thiazole rings is 1. The highest BCUT2D eigenvalue weighted by Gasteiger charge is 2.29. The van der Waals surface area contributed by atoms with Gasteiger partial charge in [-0.15, -0.1) is 11.3 Å². The maximum Gasteiger partial charge on any atom is 0.270 e. The summed E-state index contributed by atoms with van der Waals surface area (Å²) in [6.45, 7) is 4.83. The molecule has 22 heavy (non-hydrogen) atoms. The average molecular weight is 318 g/mol. The Labute approximate surface area is 132 Å². The van der Waals surface area contributed by atoms with E-state index in [0.717, 1.165) is 10.7 Å². The number of aryl methyl sites for hydroxylation is 2. The highest BCUT2D eigenvalue weighted by molar-refractivity contribution is 7.13. The Hall–Kier alpha value is -2.15. The highest BCUT2D eigenvalue weighted by Crippen LogP contribution is 2.18. The molecule has 1 unspecified atom stereocenters. The van der Waals surface area contributed by atoms with Crippen LogP contribution in [0.25, 0.3) is 0 Å². The van der Waals surface area contributed by atoms with E-state index >= 15 is 0 Å². The first kappa shape index (κ1) is 14.8. The number of fused-ring (bicyclic) bond motifs is 1. The van der Waals surface area contributed by atoms with E-state index in [1.165, 1.54) is 11.3 Å². The molecular formula is C15H18N4O2S. The van der Waals surface area contributed by atoms with Crippen molar-refractivity contribution in [3.05, 3.63) is 39.6 Å². The summed E-state index contributed by atoms with van der Waals surface area (Å²) >= 11 is 1.39. The summed E-state index contributed by atoms with van der Waals surface area (Å²) in [7, 11) is 1.78. The Morgan fingerprint density at radius 3 is 2.95 bits per heavy atom. The van der Waals surface area contributed by atoms with E-state index in [1.54, 1.807) is 11.9 Å². The van der Waals surface area contributed by atoms with Crippen LogP contribution in [0, 0.1) is 13.8 Å². The molecule has 1 aliphatic rings. The van der Waals surface area contributed by atoms with Gasteiger partial charge in [0.05, 0.1) is 16.7 Å². The van der Waals surface area contributed by atoms with E-state index in [2.05, 4.69) is 10.3 Å². The largest absolute Gasteiger partial charge is 0.349 e. The van der Waals surface area contributed by atoms with E-state index in [9.17, 15) is 9.59 Å². The van der Waals surface area contributed by atoms with Gasteiger partial charge in [-0.3, -0.25) is 9.59 Å². The Kier molecular flexibility index (Phi) is 3.74. The predicted octanol–water partition coefficient (Wildman–Crippen LogP) is 1.45. The molecule has 2 aromatic rings. The van der Waals surface area contributed by atoms with Crippen LogP contribution in [0.3, 0.4) is 0 Å². The van der Waals surface area contributed by atoms with Crippen LogP contribution < -0.4 is 5.32 Å². The summed E-state index contributed by atoms with van der Waals surface area (Å²) in [6, 6.07) is 3.63. The molecule has 0 spiro atoms. The van der Waals surface area contributed by atoms with Crippen LogP contribution in [0.15, 0.2) is 18.3 Å². The molecule has 7 heteroatoms. The Bertz CT molecular complexity index is 734. The zero-order valence-corrected chi connectivity index (χ0v) is 13.6. The minimum Gasteiger partial charge on any atom is -0.349 e. The zero-order chi connectivity index (χ0) is 15.9. The third-order valence-electron chi connectivity index (χ3n) is 3.93. The number of hydrogen-bond donors (Lipinski definition) is 1. The number of aromatic nitrogens is 2. The lowest BCUT2D eigenvalue weighted by molar-refractivity contribution is 0.0645. The van der Waals surface area contributed by atoms with Crippen LogP contribution in [0.5, 0.6) is 0 Å². The van der Waals surface area contributed by atoms with Gasteiger partial charge in [0.25, 0.3) is 11.8 Å². The van der Waals surface area contributed by atoms with Crippen LogP contribution in [0.1, 0.15) is 30.9 Å². The lowest BCUT2D eigenvalue weighted by Gasteiger charge is -2.33. The Morgan fingerprint density at radius 1 is 1.50 bits per heavy atom. The number of nitrogens with zero attached hydrogens (tertiary/aromatic N) is 3. The molecule has 6 nitrogen and oxygen atoms in total. The number of carbonyl (C=O) groups excluding carboxylic acids is 2. The summed E-state index contributed by atoms with van der Waals surface area (Å²) < 4.78 is 1.93. The van der Waals surface area contributed by atoms with Gasteiger partial charge < -0.3 is 14.8 Å². The Balaban J connectivity index is 1.68. The molecule has 0 saturated heterocycles. The first-order valence-electron chi connectivity index (χ1n) is 7.12. The normalized spacial score (nSPS) is 17.5. The number of hydrogen-bond acceptors (Lipinski definition) is 4. The Morgan fingerprint density at radius 2 is 2.27 bits per heavy atom. The molecule has 2 amide bonds. The van der Waals surface area contributed by atoms with E-state index in [1.807, 2.05) is 36.7 Å². The van der Waals surface area contributed by atoms with E-state index in [0.29, 0.717) is 23.7 Å². The monoisotopic (exact) mass is 318 g/mol. The van der Waals surface area contributed by atoms with Gasteiger partial charge in [0, 0.05) is 26.3 Å². The van der Waals surface area contributed by atoms with Crippen LogP contribution in [-0.4, -0.2) is 45.9 Å². The molecule has 116 valence electrons. The summed E-state index contributed by atoms with van der Waals surface area (Å²) in [6.07, 6.45) is 1.89. The molecule has 3 heterocycles. The van der Waals surface area contributed by atoms with E-state index in [4.69, 9.17) is 0 Å². The fourth-order valence-corrected chi connectivity index (χ4v) is 3.53. The lowest BCUT2D eigenvalue weighted by Crippen LogP contribution is -2.50. The number of amides is 2. The topological polar surface area (TPSA) is 67.2 Å². The first-order chi connectivity index (χ1) is 10.5. The second-order valence-electron chi connectivity index (χ2n) is 5.47. The lowest BCUT2D eigenvalue weighted by atomic mass is 10.1. The minimum atomic E-state index is -0.123. The van der Waals surface area contributed by atoms with Crippen molar-refractivity contribution in [1.29, 1.82) is 0 Å². The third kappa shape index (κ3) is 2.52. The molecule has 2 aromatic heterocycles. The number of likely N-dealkylation sites (N-methyl/N-ethyl adjacent to an activating group) is 1. The SMILES string of the molecule is Cc1nc(C)c(C(=O)NCC2Cn3cccc3C(=O)N2C)s1. The fraction of sp³-hybridized carbons (Fsp3) is 0.400. The van der Waals surface area contributed by atoms with Gasteiger partial charge in [0.1, 0.15) is 10.6 Å². The molecule has 0 fully saturated rings. The highest BCUT2D eigenvalue weighted by atomic mass is 32.1.